The van der Waals surface area contributed by atoms with Gasteiger partial charge in [-0.3, -0.25) is 4.79 Å². The summed E-state index contributed by atoms with van der Waals surface area (Å²) in [6, 6.07) is 13.6. The molecule has 1 amide bonds. The van der Waals surface area contributed by atoms with Crippen LogP contribution in [0.5, 0.6) is 5.75 Å². The second-order valence-electron chi connectivity index (χ2n) is 5.90. The first kappa shape index (κ1) is 17.9. The van der Waals surface area contributed by atoms with Gasteiger partial charge in [-0.2, -0.15) is 0 Å². The van der Waals surface area contributed by atoms with Crippen LogP contribution >= 0.6 is 0 Å². The Bertz CT molecular complexity index is 663. The molecule has 0 aliphatic carbocycles. The van der Waals surface area contributed by atoms with Crippen LogP contribution in [-0.2, 0) is 4.79 Å². The molecule has 4 heteroatoms. The molecule has 0 bridgehead atoms. The van der Waals surface area contributed by atoms with E-state index in [4.69, 9.17) is 4.74 Å². The summed E-state index contributed by atoms with van der Waals surface area (Å²) in [5.74, 6) is 0.701. The monoisotopic (exact) mass is 326 g/mol. The Balaban J connectivity index is 1.89. The fraction of sp³-hybridized carbons (Fsp3) is 0.350. The molecule has 2 N–H and O–H groups in total. The van der Waals surface area contributed by atoms with Crippen LogP contribution in [0.4, 0.5) is 11.4 Å². The lowest BCUT2D eigenvalue weighted by Crippen LogP contribution is -2.22. The Labute approximate surface area is 144 Å². The fourth-order valence-electron chi connectivity index (χ4n) is 2.47. The number of carbonyl (C=O) groups is 1. The van der Waals surface area contributed by atoms with E-state index >= 15 is 0 Å². The predicted octanol–water partition coefficient (Wildman–Crippen LogP) is 4.53. The number of anilines is 2. The summed E-state index contributed by atoms with van der Waals surface area (Å²) in [6.07, 6.45) is 2.12. The summed E-state index contributed by atoms with van der Waals surface area (Å²) in [5.41, 5.74) is 4.03. The molecule has 0 heterocycles. The first-order valence-corrected chi connectivity index (χ1v) is 8.43. The van der Waals surface area contributed by atoms with Crippen LogP contribution in [0.2, 0.25) is 0 Å². The van der Waals surface area contributed by atoms with Gasteiger partial charge in [0, 0.05) is 17.4 Å². The van der Waals surface area contributed by atoms with E-state index in [1.54, 1.807) is 0 Å². The maximum absolute atomic E-state index is 12.2. The van der Waals surface area contributed by atoms with Crippen molar-refractivity contribution in [3.63, 3.8) is 0 Å². The van der Waals surface area contributed by atoms with Crippen LogP contribution < -0.4 is 15.4 Å². The van der Waals surface area contributed by atoms with Crippen molar-refractivity contribution in [2.24, 2.45) is 0 Å². The molecule has 0 fully saturated rings. The average Bonchev–Trinajstić information content (AvgIpc) is 2.55. The summed E-state index contributed by atoms with van der Waals surface area (Å²) in [6.45, 7) is 7.12. The van der Waals surface area contributed by atoms with Crippen molar-refractivity contribution < 1.29 is 9.53 Å². The standard InChI is InChI=1S/C20H26N2O2/c1-4-5-12-24-18-11-7-10-17(13-18)22-19(23)14-21-20-15(2)8-6-9-16(20)3/h6-11,13,21H,4-5,12,14H2,1-3H3,(H,22,23). The van der Waals surface area contributed by atoms with Gasteiger partial charge in [-0.05, 0) is 43.5 Å². The third-order valence-electron chi connectivity index (χ3n) is 3.79. The zero-order valence-corrected chi connectivity index (χ0v) is 14.7. The van der Waals surface area contributed by atoms with Crippen LogP contribution in [0.15, 0.2) is 42.5 Å². The molecule has 0 atom stereocenters. The Morgan fingerprint density at radius 1 is 1.08 bits per heavy atom. The number of rotatable bonds is 8. The number of unbranched alkanes of at least 4 members (excludes halogenated alkanes) is 1. The van der Waals surface area contributed by atoms with Gasteiger partial charge in [0.05, 0.1) is 13.2 Å². The Hall–Kier alpha value is -2.49. The second kappa shape index (κ2) is 8.96. The Morgan fingerprint density at radius 2 is 1.79 bits per heavy atom. The largest absolute Gasteiger partial charge is 0.494 e. The lowest BCUT2D eigenvalue weighted by Gasteiger charge is -2.13. The molecule has 2 rings (SSSR count). The molecular formula is C20H26N2O2. The van der Waals surface area contributed by atoms with Crippen molar-refractivity contribution in [1.29, 1.82) is 0 Å². The quantitative estimate of drug-likeness (QED) is 0.701. The molecule has 0 saturated heterocycles. The van der Waals surface area contributed by atoms with Gasteiger partial charge in [0.2, 0.25) is 5.91 Å². The molecule has 0 aromatic heterocycles. The number of hydrogen-bond acceptors (Lipinski definition) is 3. The van der Waals surface area contributed by atoms with Gasteiger partial charge in [-0.25, -0.2) is 0 Å². The van der Waals surface area contributed by atoms with E-state index < -0.39 is 0 Å². The lowest BCUT2D eigenvalue weighted by molar-refractivity contribution is -0.114. The Morgan fingerprint density at radius 3 is 2.50 bits per heavy atom. The van der Waals surface area contributed by atoms with Crippen molar-refractivity contribution in [2.45, 2.75) is 33.6 Å². The second-order valence-corrected chi connectivity index (χ2v) is 5.90. The molecule has 0 radical (unpaired) electrons. The van der Waals surface area contributed by atoms with E-state index in [9.17, 15) is 4.79 Å². The predicted molar refractivity (Wildman–Crippen MR) is 99.9 cm³/mol. The highest BCUT2D eigenvalue weighted by Crippen LogP contribution is 2.20. The van der Waals surface area contributed by atoms with Crippen LogP contribution in [0.25, 0.3) is 0 Å². The summed E-state index contributed by atoms with van der Waals surface area (Å²) in [5, 5.41) is 6.11. The van der Waals surface area contributed by atoms with Gasteiger partial charge >= 0.3 is 0 Å². The van der Waals surface area contributed by atoms with Crippen molar-refractivity contribution in [1.82, 2.24) is 0 Å². The number of para-hydroxylation sites is 1. The minimum absolute atomic E-state index is 0.0802. The minimum Gasteiger partial charge on any atom is -0.494 e. The van der Waals surface area contributed by atoms with E-state index in [0.29, 0.717) is 6.61 Å². The molecule has 4 nitrogen and oxygen atoms in total. The van der Waals surface area contributed by atoms with Crippen LogP contribution in [0, 0.1) is 13.8 Å². The van der Waals surface area contributed by atoms with Crippen molar-refractivity contribution in [2.75, 3.05) is 23.8 Å². The maximum atomic E-state index is 12.2. The summed E-state index contributed by atoms with van der Waals surface area (Å²) in [4.78, 5) is 12.2. The zero-order chi connectivity index (χ0) is 17.4. The topological polar surface area (TPSA) is 50.4 Å². The summed E-state index contributed by atoms with van der Waals surface area (Å²) < 4.78 is 5.66. The first-order valence-electron chi connectivity index (χ1n) is 8.43. The van der Waals surface area contributed by atoms with Crippen LogP contribution in [0.1, 0.15) is 30.9 Å². The van der Waals surface area contributed by atoms with Gasteiger partial charge in [0.15, 0.2) is 0 Å². The molecule has 2 aromatic carbocycles. The smallest absolute Gasteiger partial charge is 0.243 e. The molecule has 0 spiro atoms. The van der Waals surface area contributed by atoms with Crippen LogP contribution in [-0.4, -0.2) is 19.1 Å². The third kappa shape index (κ3) is 5.30. The van der Waals surface area contributed by atoms with E-state index in [-0.39, 0.29) is 12.5 Å². The van der Waals surface area contributed by atoms with Gasteiger partial charge in [0.25, 0.3) is 0 Å². The molecule has 24 heavy (non-hydrogen) atoms. The molecular weight excluding hydrogens is 300 g/mol. The van der Waals surface area contributed by atoms with Gasteiger partial charge in [0.1, 0.15) is 5.75 Å². The molecule has 0 aliphatic heterocycles. The normalized spacial score (nSPS) is 10.3. The van der Waals surface area contributed by atoms with Gasteiger partial charge in [-0.15, -0.1) is 0 Å². The van der Waals surface area contributed by atoms with E-state index in [1.807, 2.05) is 56.3 Å². The highest BCUT2D eigenvalue weighted by Gasteiger charge is 2.06. The highest BCUT2D eigenvalue weighted by atomic mass is 16.5. The van der Waals surface area contributed by atoms with Crippen molar-refractivity contribution >= 4 is 17.3 Å². The van der Waals surface area contributed by atoms with Crippen molar-refractivity contribution in [3.8, 4) is 5.75 Å². The van der Waals surface area contributed by atoms with Crippen LogP contribution in [0.3, 0.4) is 0 Å². The number of carbonyl (C=O) groups excluding carboxylic acids is 1. The molecule has 0 unspecified atom stereocenters. The van der Waals surface area contributed by atoms with Gasteiger partial charge in [-0.1, -0.05) is 37.6 Å². The molecule has 0 saturated carbocycles. The lowest BCUT2D eigenvalue weighted by atomic mass is 10.1. The number of hydrogen-bond donors (Lipinski definition) is 2. The average molecular weight is 326 g/mol. The third-order valence-corrected chi connectivity index (χ3v) is 3.79. The zero-order valence-electron chi connectivity index (χ0n) is 14.7. The number of aryl methyl sites for hydroxylation is 2. The molecule has 0 aliphatic rings. The molecule has 2 aromatic rings. The van der Waals surface area contributed by atoms with E-state index in [1.165, 1.54) is 0 Å². The summed E-state index contributed by atoms with van der Waals surface area (Å²) in [7, 11) is 0. The number of amides is 1. The highest BCUT2D eigenvalue weighted by molar-refractivity contribution is 5.94. The maximum Gasteiger partial charge on any atom is 0.243 e. The van der Waals surface area contributed by atoms with E-state index in [2.05, 4.69) is 17.6 Å². The Kier molecular flexibility index (Phi) is 6.67. The van der Waals surface area contributed by atoms with Gasteiger partial charge < -0.3 is 15.4 Å². The number of benzene rings is 2. The minimum atomic E-state index is -0.0802. The molecule has 128 valence electrons. The van der Waals surface area contributed by atoms with Crippen molar-refractivity contribution in [3.05, 3.63) is 53.6 Å². The first-order chi connectivity index (χ1) is 11.6. The SMILES string of the molecule is CCCCOc1cccc(NC(=O)CNc2c(C)cccc2C)c1. The summed E-state index contributed by atoms with van der Waals surface area (Å²) >= 11 is 0. The fourth-order valence-corrected chi connectivity index (χ4v) is 2.47. The van der Waals surface area contributed by atoms with E-state index in [0.717, 1.165) is 41.1 Å². The number of ether oxygens (including phenoxy) is 1. The number of nitrogens with one attached hydrogen (secondary N) is 2.